The third-order valence-corrected chi connectivity index (χ3v) is 7.24. The van der Waals surface area contributed by atoms with Gasteiger partial charge in [-0.1, -0.05) is 12.8 Å². The molecule has 2 aliphatic rings. The van der Waals surface area contributed by atoms with Gasteiger partial charge < -0.3 is 15.1 Å². The molecule has 0 bridgehead atoms. The number of fused-ring (bicyclic) bond motifs is 1. The molecule has 0 radical (unpaired) electrons. The summed E-state index contributed by atoms with van der Waals surface area (Å²) >= 11 is 0. The topological polar surface area (TPSA) is 108 Å². The molecule has 2 fully saturated rings. The summed E-state index contributed by atoms with van der Waals surface area (Å²) in [5.41, 5.74) is 1.28. The number of rotatable bonds is 7. The van der Waals surface area contributed by atoms with Crippen LogP contribution in [0.5, 0.6) is 0 Å². The van der Waals surface area contributed by atoms with Gasteiger partial charge in [-0.25, -0.2) is 4.98 Å². The lowest BCUT2D eigenvalue weighted by Crippen LogP contribution is -2.38. The quantitative estimate of drug-likeness (QED) is 0.556. The van der Waals surface area contributed by atoms with E-state index in [1.807, 2.05) is 16.9 Å². The molecule has 10 nitrogen and oxygen atoms in total. The minimum absolute atomic E-state index is 0.0763. The van der Waals surface area contributed by atoms with Crippen molar-refractivity contribution in [1.82, 2.24) is 34.1 Å². The fourth-order valence-corrected chi connectivity index (χ4v) is 5.24. The zero-order chi connectivity index (χ0) is 24.4. The Balaban J connectivity index is 1.32. The predicted octanol–water partition coefficient (Wildman–Crippen LogP) is 2.92. The van der Waals surface area contributed by atoms with Crippen molar-refractivity contribution in [1.29, 1.82) is 5.26 Å². The molecule has 1 saturated carbocycles. The van der Waals surface area contributed by atoms with Crippen LogP contribution < -0.4 is 10.9 Å². The highest BCUT2D eigenvalue weighted by Crippen LogP contribution is 2.31. The summed E-state index contributed by atoms with van der Waals surface area (Å²) in [6.07, 6.45) is 11.7. The Kier molecular flexibility index (Phi) is 6.79. The first-order valence-electron chi connectivity index (χ1n) is 12.5. The zero-order valence-electron chi connectivity index (χ0n) is 20.5. The average Bonchev–Trinajstić information content (AvgIpc) is 3.55. The molecule has 3 aromatic heterocycles. The Morgan fingerprint density at radius 2 is 1.91 bits per heavy atom. The SMILES string of the molecule is CN(C)CCN1CCC(n2cc(Nc3ncc4cc(C#N)c(=O)n(C5CCCC5)c4n3)cn2)CC1. The molecule has 0 unspecified atom stereocenters. The summed E-state index contributed by atoms with van der Waals surface area (Å²) in [4.78, 5) is 26.9. The number of anilines is 2. The first-order valence-corrected chi connectivity index (χ1v) is 12.5. The van der Waals surface area contributed by atoms with E-state index >= 15 is 0 Å². The van der Waals surface area contributed by atoms with E-state index in [1.54, 1.807) is 23.0 Å². The third-order valence-electron chi connectivity index (χ3n) is 7.24. The molecule has 1 aliphatic carbocycles. The second-order valence-corrected chi connectivity index (χ2v) is 9.97. The van der Waals surface area contributed by atoms with Crippen molar-refractivity contribution in [3.8, 4) is 6.07 Å². The largest absolute Gasteiger partial charge is 0.321 e. The number of hydrogen-bond acceptors (Lipinski definition) is 8. The van der Waals surface area contributed by atoms with Gasteiger partial charge in [0, 0.05) is 50.0 Å². The summed E-state index contributed by atoms with van der Waals surface area (Å²) in [6, 6.07) is 4.09. The van der Waals surface area contributed by atoms with Crippen LogP contribution in [0.25, 0.3) is 11.0 Å². The lowest BCUT2D eigenvalue weighted by atomic mass is 10.1. The maximum Gasteiger partial charge on any atom is 0.270 e. The molecule has 0 aromatic carbocycles. The number of hydrogen-bond donors (Lipinski definition) is 1. The number of likely N-dealkylation sites (N-methyl/N-ethyl adjacent to an activating group) is 1. The second kappa shape index (κ2) is 10.1. The van der Waals surface area contributed by atoms with Gasteiger partial charge in [0.05, 0.1) is 17.9 Å². The molecule has 10 heteroatoms. The van der Waals surface area contributed by atoms with E-state index in [2.05, 4.69) is 39.3 Å². The highest BCUT2D eigenvalue weighted by molar-refractivity contribution is 5.77. The van der Waals surface area contributed by atoms with Crippen LogP contribution in [0.3, 0.4) is 0 Å². The smallest absolute Gasteiger partial charge is 0.270 e. The van der Waals surface area contributed by atoms with E-state index in [-0.39, 0.29) is 17.2 Å². The van der Waals surface area contributed by atoms with Crippen LogP contribution in [0.4, 0.5) is 11.6 Å². The van der Waals surface area contributed by atoms with Crippen LogP contribution in [0.1, 0.15) is 56.2 Å². The van der Waals surface area contributed by atoms with Gasteiger partial charge in [0.1, 0.15) is 17.3 Å². The summed E-state index contributed by atoms with van der Waals surface area (Å²) in [5, 5.41) is 18.0. The first kappa shape index (κ1) is 23.5. The average molecular weight is 476 g/mol. The Bertz CT molecular complexity index is 1270. The van der Waals surface area contributed by atoms with E-state index in [4.69, 9.17) is 4.98 Å². The lowest BCUT2D eigenvalue weighted by Gasteiger charge is -2.32. The van der Waals surface area contributed by atoms with E-state index in [0.29, 0.717) is 23.0 Å². The molecule has 0 spiro atoms. The fraction of sp³-hybridized carbons (Fsp3) is 0.560. The molecule has 4 heterocycles. The molecule has 0 amide bonds. The van der Waals surface area contributed by atoms with Gasteiger partial charge in [-0.2, -0.15) is 15.3 Å². The van der Waals surface area contributed by atoms with Gasteiger partial charge in [-0.05, 0) is 45.8 Å². The maximum atomic E-state index is 13.0. The highest BCUT2D eigenvalue weighted by atomic mass is 16.1. The van der Waals surface area contributed by atoms with E-state index in [9.17, 15) is 10.1 Å². The molecule has 184 valence electrons. The van der Waals surface area contributed by atoms with Crippen LogP contribution >= 0.6 is 0 Å². The van der Waals surface area contributed by atoms with E-state index in [0.717, 1.165) is 70.4 Å². The van der Waals surface area contributed by atoms with Gasteiger partial charge in [-0.15, -0.1) is 0 Å². The van der Waals surface area contributed by atoms with Crippen molar-refractivity contribution in [2.45, 2.75) is 50.6 Å². The molecular weight excluding hydrogens is 442 g/mol. The van der Waals surface area contributed by atoms with Gasteiger partial charge in [0.15, 0.2) is 0 Å². The monoisotopic (exact) mass is 475 g/mol. The van der Waals surface area contributed by atoms with Gasteiger partial charge >= 0.3 is 0 Å². The van der Waals surface area contributed by atoms with Crippen LogP contribution in [-0.2, 0) is 0 Å². The Hall–Kier alpha value is -3.29. The van der Waals surface area contributed by atoms with Crippen molar-refractivity contribution >= 4 is 22.7 Å². The van der Waals surface area contributed by atoms with Crippen molar-refractivity contribution < 1.29 is 0 Å². The number of aromatic nitrogens is 5. The van der Waals surface area contributed by atoms with Crippen LogP contribution in [0.15, 0.2) is 29.5 Å². The molecule has 35 heavy (non-hydrogen) atoms. The number of piperidine rings is 1. The van der Waals surface area contributed by atoms with Crippen molar-refractivity contribution in [2.24, 2.45) is 0 Å². The third kappa shape index (κ3) is 5.06. The van der Waals surface area contributed by atoms with Gasteiger partial charge in [0.2, 0.25) is 5.95 Å². The number of nitrogens with one attached hydrogen (secondary N) is 1. The standard InChI is InChI=1S/C25H33N9O/c1-31(2)11-12-32-9-7-21(8-10-32)33-17-20(16-28-33)29-25-27-15-19-13-18(14-26)24(35)34(23(19)30-25)22-5-3-4-6-22/h13,15-17,21-22H,3-12H2,1-2H3,(H,27,29,30). The van der Waals surface area contributed by atoms with Crippen molar-refractivity contribution in [3.05, 3.63) is 40.6 Å². The summed E-state index contributed by atoms with van der Waals surface area (Å²) in [6.45, 7) is 4.35. The normalized spacial score (nSPS) is 17.9. The van der Waals surface area contributed by atoms with Gasteiger partial charge in [-0.3, -0.25) is 14.0 Å². The van der Waals surface area contributed by atoms with Crippen molar-refractivity contribution in [3.63, 3.8) is 0 Å². The van der Waals surface area contributed by atoms with Crippen LogP contribution in [0, 0.1) is 11.3 Å². The van der Waals surface area contributed by atoms with Crippen LogP contribution in [0.2, 0.25) is 0 Å². The molecule has 0 atom stereocenters. The molecule has 5 rings (SSSR count). The summed E-state index contributed by atoms with van der Waals surface area (Å²) in [7, 11) is 4.23. The fourth-order valence-electron chi connectivity index (χ4n) is 5.24. The van der Waals surface area contributed by atoms with E-state index < -0.39 is 0 Å². The van der Waals surface area contributed by atoms with Crippen LogP contribution in [-0.4, -0.2) is 74.4 Å². The number of pyridine rings is 1. The predicted molar refractivity (Wildman–Crippen MR) is 135 cm³/mol. The molecule has 1 saturated heterocycles. The highest BCUT2D eigenvalue weighted by Gasteiger charge is 2.23. The Morgan fingerprint density at radius 3 is 2.63 bits per heavy atom. The maximum absolute atomic E-state index is 13.0. The first-order chi connectivity index (χ1) is 17.0. The number of likely N-dealkylation sites (tertiary alicyclic amines) is 1. The Labute approximate surface area is 205 Å². The molecule has 1 N–H and O–H groups in total. The van der Waals surface area contributed by atoms with Crippen molar-refractivity contribution in [2.75, 3.05) is 45.6 Å². The minimum atomic E-state index is -0.263. The Morgan fingerprint density at radius 1 is 1.14 bits per heavy atom. The van der Waals surface area contributed by atoms with Gasteiger partial charge in [0.25, 0.3) is 5.56 Å². The second-order valence-electron chi connectivity index (χ2n) is 9.97. The zero-order valence-corrected chi connectivity index (χ0v) is 20.5. The number of nitrogens with zero attached hydrogens (tertiary/aromatic N) is 8. The number of nitriles is 1. The summed E-state index contributed by atoms with van der Waals surface area (Å²) in [5.74, 6) is 0.423. The molecular formula is C25H33N9O. The molecule has 1 aliphatic heterocycles. The lowest BCUT2D eigenvalue weighted by molar-refractivity contribution is 0.167. The molecule has 3 aromatic rings. The summed E-state index contributed by atoms with van der Waals surface area (Å²) < 4.78 is 3.75. The van der Waals surface area contributed by atoms with E-state index in [1.165, 1.54) is 0 Å². The minimum Gasteiger partial charge on any atom is -0.321 e.